The van der Waals surface area contributed by atoms with E-state index in [2.05, 4.69) is 26.1 Å². The summed E-state index contributed by atoms with van der Waals surface area (Å²) in [6.45, 7) is 8.28. The Morgan fingerprint density at radius 3 is 2.40 bits per heavy atom. The third-order valence-corrected chi connectivity index (χ3v) is 3.54. The first kappa shape index (κ1) is 16.0. The van der Waals surface area contributed by atoms with Crippen molar-refractivity contribution in [1.82, 2.24) is 0 Å². The third-order valence-electron chi connectivity index (χ3n) is 3.54. The number of hydrogen-bond donors (Lipinski definition) is 3. The average Bonchev–Trinajstić information content (AvgIpc) is 2.30. The van der Waals surface area contributed by atoms with Crippen LogP contribution < -0.4 is 11.1 Å². The van der Waals surface area contributed by atoms with Gasteiger partial charge < -0.3 is 16.2 Å². The molecule has 4 N–H and O–H groups in total. The number of carboxylic acid groups (broad SMARTS) is 1. The molecule has 1 aromatic rings. The Bertz CT molecular complexity index is 518. The summed E-state index contributed by atoms with van der Waals surface area (Å²) in [5, 5.41) is 11.6. The minimum Gasteiger partial charge on any atom is -0.478 e. The zero-order valence-electron chi connectivity index (χ0n) is 12.4. The van der Waals surface area contributed by atoms with Gasteiger partial charge in [-0.3, -0.25) is 4.79 Å². The van der Waals surface area contributed by atoms with Crippen LogP contribution in [0.4, 0.5) is 11.4 Å². The summed E-state index contributed by atoms with van der Waals surface area (Å²) in [6, 6.07) is 4.27. The molecule has 5 nitrogen and oxygen atoms in total. The fourth-order valence-corrected chi connectivity index (χ4v) is 1.60. The van der Waals surface area contributed by atoms with Crippen LogP contribution in [-0.2, 0) is 4.79 Å². The number of carbonyl (C=O) groups is 2. The fraction of sp³-hybridized carbons (Fsp3) is 0.467. The molecule has 0 heterocycles. The van der Waals surface area contributed by atoms with E-state index >= 15 is 0 Å². The highest BCUT2D eigenvalue weighted by Gasteiger charge is 2.22. The van der Waals surface area contributed by atoms with Crippen LogP contribution in [0.15, 0.2) is 18.2 Å². The highest BCUT2D eigenvalue weighted by molar-refractivity contribution is 5.96. The summed E-state index contributed by atoms with van der Waals surface area (Å²) >= 11 is 0. The Hall–Kier alpha value is -2.04. The summed E-state index contributed by atoms with van der Waals surface area (Å²) in [5.74, 6) is -0.944. The van der Waals surface area contributed by atoms with Gasteiger partial charge in [0, 0.05) is 6.42 Å². The van der Waals surface area contributed by atoms with E-state index in [0.717, 1.165) is 0 Å². The highest BCUT2D eigenvalue weighted by Crippen LogP contribution is 2.28. The smallest absolute Gasteiger partial charge is 0.335 e. The van der Waals surface area contributed by atoms with Crippen molar-refractivity contribution in [1.29, 1.82) is 0 Å². The van der Waals surface area contributed by atoms with Crippen molar-refractivity contribution in [2.24, 2.45) is 11.3 Å². The van der Waals surface area contributed by atoms with E-state index in [9.17, 15) is 9.59 Å². The lowest BCUT2D eigenvalue weighted by molar-refractivity contribution is -0.117. The molecule has 110 valence electrons. The Morgan fingerprint density at radius 2 is 1.95 bits per heavy atom. The third kappa shape index (κ3) is 4.26. The van der Waals surface area contributed by atoms with Crippen LogP contribution in [0, 0.1) is 11.3 Å². The molecule has 0 saturated carbocycles. The van der Waals surface area contributed by atoms with Gasteiger partial charge in [-0.1, -0.05) is 27.7 Å². The first-order valence-corrected chi connectivity index (χ1v) is 6.54. The van der Waals surface area contributed by atoms with Gasteiger partial charge in [0.05, 0.1) is 16.9 Å². The molecule has 0 aromatic heterocycles. The maximum absolute atomic E-state index is 12.0. The van der Waals surface area contributed by atoms with E-state index < -0.39 is 5.97 Å². The summed E-state index contributed by atoms with van der Waals surface area (Å²) in [4.78, 5) is 22.8. The van der Waals surface area contributed by atoms with Crippen molar-refractivity contribution >= 4 is 23.3 Å². The molecule has 0 bridgehead atoms. The van der Waals surface area contributed by atoms with E-state index in [-0.39, 0.29) is 28.5 Å². The lowest BCUT2D eigenvalue weighted by Crippen LogP contribution is -2.24. The van der Waals surface area contributed by atoms with Gasteiger partial charge in [-0.15, -0.1) is 0 Å². The number of anilines is 2. The first-order chi connectivity index (χ1) is 9.11. The standard InChI is InChI=1S/C15H22N2O3/c1-9(15(2,3)4)7-13(18)17-12-6-5-10(14(19)20)8-11(12)16/h5-6,8-9H,7,16H2,1-4H3,(H,17,18)(H,19,20). The van der Waals surface area contributed by atoms with Crippen LogP contribution in [-0.4, -0.2) is 17.0 Å². The Kier molecular flexibility index (Phi) is 4.76. The maximum Gasteiger partial charge on any atom is 0.335 e. The maximum atomic E-state index is 12.0. The molecule has 5 heteroatoms. The topological polar surface area (TPSA) is 92.4 Å². The van der Waals surface area contributed by atoms with Crippen LogP contribution in [0.1, 0.15) is 44.5 Å². The minimum absolute atomic E-state index is 0.0516. The second-order valence-corrected chi connectivity index (χ2v) is 6.13. The number of carbonyl (C=O) groups excluding carboxylic acids is 1. The van der Waals surface area contributed by atoms with Crippen molar-refractivity contribution in [3.63, 3.8) is 0 Å². The normalized spacial score (nSPS) is 12.8. The predicted molar refractivity (Wildman–Crippen MR) is 79.7 cm³/mol. The lowest BCUT2D eigenvalue weighted by Gasteiger charge is -2.26. The van der Waals surface area contributed by atoms with Crippen molar-refractivity contribution < 1.29 is 14.7 Å². The number of nitrogens with one attached hydrogen (secondary N) is 1. The fourth-order valence-electron chi connectivity index (χ4n) is 1.60. The molecule has 0 aliphatic heterocycles. The molecule has 1 rings (SSSR count). The molecular weight excluding hydrogens is 256 g/mol. The number of amides is 1. The van der Waals surface area contributed by atoms with E-state index in [1.165, 1.54) is 18.2 Å². The van der Waals surface area contributed by atoms with Crippen molar-refractivity contribution in [2.45, 2.75) is 34.1 Å². The van der Waals surface area contributed by atoms with Gasteiger partial charge >= 0.3 is 5.97 Å². The molecule has 1 unspecified atom stereocenters. The zero-order valence-corrected chi connectivity index (χ0v) is 12.4. The number of rotatable bonds is 4. The Morgan fingerprint density at radius 1 is 1.35 bits per heavy atom. The van der Waals surface area contributed by atoms with Crippen molar-refractivity contribution in [2.75, 3.05) is 11.1 Å². The van der Waals surface area contributed by atoms with E-state index in [4.69, 9.17) is 10.8 Å². The highest BCUT2D eigenvalue weighted by atomic mass is 16.4. The SMILES string of the molecule is CC(CC(=O)Nc1ccc(C(=O)O)cc1N)C(C)(C)C. The van der Waals surface area contributed by atoms with E-state index in [1.807, 2.05) is 6.92 Å². The van der Waals surface area contributed by atoms with Gasteiger partial charge in [-0.05, 0) is 29.5 Å². The first-order valence-electron chi connectivity index (χ1n) is 6.54. The summed E-state index contributed by atoms with van der Waals surface area (Å²) in [5.41, 5.74) is 6.60. The number of carboxylic acids is 1. The van der Waals surface area contributed by atoms with Crippen LogP contribution >= 0.6 is 0 Å². The van der Waals surface area contributed by atoms with Crippen LogP contribution in [0.3, 0.4) is 0 Å². The van der Waals surface area contributed by atoms with Crippen LogP contribution in [0.2, 0.25) is 0 Å². The van der Waals surface area contributed by atoms with E-state index in [0.29, 0.717) is 12.1 Å². The molecule has 0 saturated heterocycles. The number of hydrogen-bond acceptors (Lipinski definition) is 3. The van der Waals surface area contributed by atoms with Gasteiger partial charge in [0.25, 0.3) is 0 Å². The second-order valence-electron chi connectivity index (χ2n) is 6.13. The summed E-state index contributed by atoms with van der Waals surface area (Å²) in [7, 11) is 0. The van der Waals surface area contributed by atoms with Crippen molar-refractivity contribution in [3.8, 4) is 0 Å². The van der Waals surface area contributed by atoms with E-state index in [1.54, 1.807) is 0 Å². The molecule has 0 aliphatic rings. The Balaban J connectivity index is 2.74. The quantitative estimate of drug-likeness (QED) is 0.738. The monoisotopic (exact) mass is 278 g/mol. The van der Waals surface area contributed by atoms with Crippen LogP contribution in [0.5, 0.6) is 0 Å². The number of benzene rings is 1. The average molecular weight is 278 g/mol. The number of aromatic carboxylic acids is 1. The summed E-state index contributed by atoms with van der Waals surface area (Å²) in [6.07, 6.45) is 0.392. The van der Waals surface area contributed by atoms with Gasteiger partial charge in [-0.2, -0.15) is 0 Å². The molecule has 0 fully saturated rings. The zero-order chi connectivity index (χ0) is 15.5. The molecule has 20 heavy (non-hydrogen) atoms. The number of nitrogens with two attached hydrogens (primary N) is 1. The van der Waals surface area contributed by atoms with Gasteiger partial charge in [-0.25, -0.2) is 4.79 Å². The molecule has 1 aromatic carbocycles. The summed E-state index contributed by atoms with van der Waals surface area (Å²) < 4.78 is 0. The van der Waals surface area contributed by atoms with Gasteiger partial charge in [0.2, 0.25) is 5.91 Å². The molecule has 1 amide bonds. The predicted octanol–water partition coefficient (Wildman–Crippen LogP) is 2.98. The lowest BCUT2D eigenvalue weighted by atomic mass is 9.80. The second kappa shape index (κ2) is 5.94. The largest absolute Gasteiger partial charge is 0.478 e. The number of nitrogen functional groups attached to an aromatic ring is 1. The van der Waals surface area contributed by atoms with Gasteiger partial charge in [0.15, 0.2) is 0 Å². The van der Waals surface area contributed by atoms with Gasteiger partial charge in [0.1, 0.15) is 0 Å². The van der Waals surface area contributed by atoms with Crippen molar-refractivity contribution in [3.05, 3.63) is 23.8 Å². The molecule has 0 aliphatic carbocycles. The van der Waals surface area contributed by atoms with Crippen LogP contribution in [0.25, 0.3) is 0 Å². The molecule has 1 atom stereocenters. The molecule has 0 radical (unpaired) electrons. The molecular formula is C15H22N2O3. The minimum atomic E-state index is -1.05. The molecule has 0 spiro atoms. The Labute approximate surface area is 119 Å².